The lowest BCUT2D eigenvalue weighted by Crippen LogP contribution is -2.01. The highest BCUT2D eigenvalue weighted by Gasteiger charge is 2.20. The van der Waals surface area contributed by atoms with E-state index in [9.17, 15) is 0 Å². The van der Waals surface area contributed by atoms with Crippen LogP contribution in [0, 0.1) is 0 Å². The van der Waals surface area contributed by atoms with Gasteiger partial charge in [0.1, 0.15) is 0 Å². The van der Waals surface area contributed by atoms with Crippen molar-refractivity contribution in [2.24, 2.45) is 0 Å². The van der Waals surface area contributed by atoms with Gasteiger partial charge in [-0.25, -0.2) is 0 Å². The SMILES string of the molecule is CCCC(CCC)c1[nH]nc(N)c1-c1cccs1. The Morgan fingerprint density at radius 3 is 2.61 bits per heavy atom. The monoisotopic (exact) mass is 263 g/mol. The molecule has 0 saturated heterocycles. The van der Waals surface area contributed by atoms with Crippen LogP contribution >= 0.6 is 11.3 Å². The Balaban J connectivity index is 2.38. The number of nitrogens with two attached hydrogens (primary N) is 1. The summed E-state index contributed by atoms with van der Waals surface area (Å²) in [5, 5.41) is 9.46. The van der Waals surface area contributed by atoms with E-state index in [1.165, 1.54) is 36.3 Å². The van der Waals surface area contributed by atoms with Gasteiger partial charge in [0.25, 0.3) is 0 Å². The van der Waals surface area contributed by atoms with E-state index in [1.807, 2.05) is 0 Å². The van der Waals surface area contributed by atoms with Crippen molar-refractivity contribution in [2.45, 2.75) is 45.4 Å². The maximum atomic E-state index is 6.03. The zero-order valence-corrected chi connectivity index (χ0v) is 11.9. The Morgan fingerprint density at radius 1 is 1.33 bits per heavy atom. The highest BCUT2D eigenvalue weighted by atomic mass is 32.1. The van der Waals surface area contributed by atoms with E-state index in [-0.39, 0.29) is 0 Å². The van der Waals surface area contributed by atoms with Gasteiger partial charge in [0.2, 0.25) is 0 Å². The summed E-state index contributed by atoms with van der Waals surface area (Å²) in [4.78, 5) is 1.22. The molecular formula is C14H21N3S. The largest absolute Gasteiger partial charge is 0.382 e. The van der Waals surface area contributed by atoms with Crippen LogP contribution in [0.5, 0.6) is 0 Å². The molecule has 2 aromatic rings. The Hall–Kier alpha value is -1.29. The van der Waals surface area contributed by atoms with Crippen LogP contribution in [-0.2, 0) is 0 Å². The summed E-state index contributed by atoms with van der Waals surface area (Å²) in [6, 6.07) is 4.18. The summed E-state index contributed by atoms with van der Waals surface area (Å²) in [5.41, 5.74) is 8.37. The van der Waals surface area contributed by atoms with Crippen LogP contribution in [0.2, 0.25) is 0 Å². The third-order valence-corrected chi connectivity index (χ3v) is 4.16. The minimum Gasteiger partial charge on any atom is -0.382 e. The van der Waals surface area contributed by atoms with Gasteiger partial charge in [-0.1, -0.05) is 32.8 Å². The first kappa shape index (κ1) is 13.1. The van der Waals surface area contributed by atoms with Crippen LogP contribution < -0.4 is 5.73 Å². The predicted octanol–water partition coefficient (Wildman–Crippen LogP) is 4.40. The van der Waals surface area contributed by atoms with Gasteiger partial charge in [-0.2, -0.15) is 5.10 Å². The number of rotatable bonds is 6. The van der Waals surface area contributed by atoms with Crippen molar-refractivity contribution in [1.29, 1.82) is 0 Å². The first-order valence-electron chi connectivity index (χ1n) is 6.65. The van der Waals surface area contributed by atoms with Gasteiger partial charge in [0.15, 0.2) is 5.82 Å². The number of nitrogens with one attached hydrogen (secondary N) is 1. The molecule has 0 aromatic carbocycles. The summed E-state index contributed by atoms with van der Waals surface area (Å²) < 4.78 is 0. The Morgan fingerprint density at radius 2 is 2.06 bits per heavy atom. The molecule has 3 N–H and O–H groups in total. The molecule has 0 bridgehead atoms. The number of hydrogen-bond acceptors (Lipinski definition) is 3. The summed E-state index contributed by atoms with van der Waals surface area (Å²) in [6.07, 6.45) is 4.75. The Kier molecular flexibility index (Phi) is 4.42. The van der Waals surface area contributed by atoms with E-state index >= 15 is 0 Å². The average molecular weight is 263 g/mol. The lowest BCUT2D eigenvalue weighted by Gasteiger charge is -2.15. The van der Waals surface area contributed by atoms with Gasteiger partial charge < -0.3 is 5.73 Å². The van der Waals surface area contributed by atoms with Crippen molar-refractivity contribution < 1.29 is 0 Å². The number of thiophene rings is 1. The van der Waals surface area contributed by atoms with Gasteiger partial charge in [0, 0.05) is 16.5 Å². The van der Waals surface area contributed by atoms with Crippen molar-refractivity contribution in [1.82, 2.24) is 10.2 Å². The van der Waals surface area contributed by atoms with E-state index in [0.29, 0.717) is 11.7 Å². The Labute approximate surface area is 112 Å². The van der Waals surface area contributed by atoms with E-state index in [1.54, 1.807) is 11.3 Å². The third-order valence-electron chi connectivity index (χ3n) is 3.27. The molecule has 2 aromatic heterocycles. The van der Waals surface area contributed by atoms with Crippen molar-refractivity contribution >= 4 is 17.2 Å². The lowest BCUT2D eigenvalue weighted by atomic mass is 9.92. The second-order valence-electron chi connectivity index (χ2n) is 4.65. The number of hydrogen-bond donors (Lipinski definition) is 2. The molecule has 2 heterocycles. The number of anilines is 1. The van der Waals surface area contributed by atoms with Crippen LogP contribution in [0.4, 0.5) is 5.82 Å². The fourth-order valence-corrected chi connectivity index (χ4v) is 3.27. The predicted molar refractivity (Wildman–Crippen MR) is 78.9 cm³/mol. The summed E-state index contributed by atoms with van der Waals surface area (Å²) in [6.45, 7) is 4.46. The average Bonchev–Trinajstić information content (AvgIpc) is 2.97. The minimum atomic E-state index is 0.543. The summed E-state index contributed by atoms with van der Waals surface area (Å²) in [5.74, 6) is 1.17. The second-order valence-corrected chi connectivity index (χ2v) is 5.60. The first-order valence-corrected chi connectivity index (χ1v) is 7.53. The fourth-order valence-electron chi connectivity index (χ4n) is 2.48. The molecule has 18 heavy (non-hydrogen) atoms. The molecule has 0 fully saturated rings. The zero-order valence-electron chi connectivity index (χ0n) is 11.1. The van der Waals surface area contributed by atoms with Crippen molar-refractivity contribution in [3.8, 4) is 10.4 Å². The smallest absolute Gasteiger partial charge is 0.154 e. The molecule has 0 aliphatic rings. The maximum absolute atomic E-state index is 6.03. The van der Waals surface area contributed by atoms with E-state index < -0.39 is 0 Å². The molecule has 0 unspecified atom stereocenters. The third kappa shape index (κ3) is 2.58. The van der Waals surface area contributed by atoms with Crippen molar-refractivity contribution in [3.63, 3.8) is 0 Å². The van der Waals surface area contributed by atoms with Gasteiger partial charge in [-0.15, -0.1) is 11.3 Å². The second kappa shape index (κ2) is 6.05. The van der Waals surface area contributed by atoms with Crippen molar-refractivity contribution in [3.05, 3.63) is 23.2 Å². The van der Waals surface area contributed by atoms with E-state index in [2.05, 4.69) is 41.6 Å². The molecule has 4 heteroatoms. The van der Waals surface area contributed by atoms with E-state index in [0.717, 1.165) is 5.56 Å². The van der Waals surface area contributed by atoms with Crippen LogP contribution in [0.1, 0.15) is 51.1 Å². The van der Waals surface area contributed by atoms with Gasteiger partial charge in [-0.3, -0.25) is 5.10 Å². The number of nitrogens with zero attached hydrogens (tertiary/aromatic N) is 1. The van der Waals surface area contributed by atoms with Crippen LogP contribution in [0.15, 0.2) is 17.5 Å². The van der Waals surface area contributed by atoms with Crippen LogP contribution in [0.25, 0.3) is 10.4 Å². The Bertz CT molecular complexity index is 467. The minimum absolute atomic E-state index is 0.543. The molecular weight excluding hydrogens is 242 g/mol. The molecule has 98 valence electrons. The maximum Gasteiger partial charge on any atom is 0.154 e. The summed E-state index contributed by atoms with van der Waals surface area (Å²) >= 11 is 1.72. The fraction of sp³-hybridized carbons (Fsp3) is 0.500. The molecule has 3 nitrogen and oxygen atoms in total. The molecule has 0 atom stereocenters. The quantitative estimate of drug-likeness (QED) is 0.811. The molecule has 0 saturated carbocycles. The molecule has 0 spiro atoms. The number of aromatic amines is 1. The number of aromatic nitrogens is 2. The molecule has 0 amide bonds. The highest BCUT2D eigenvalue weighted by Crippen LogP contribution is 2.38. The summed E-state index contributed by atoms with van der Waals surface area (Å²) in [7, 11) is 0. The van der Waals surface area contributed by atoms with Crippen LogP contribution in [-0.4, -0.2) is 10.2 Å². The topological polar surface area (TPSA) is 54.7 Å². The van der Waals surface area contributed by atoms with Crippen molar-refractivity contribution in [2.75, 3.05) is 5.73 Å². The molecule has 0 aliphatic carbocycles. The van der Waals surface area contributed by atoms with Gasteiger partial charge in [0.05, 0.1) is 5.56 Å². The molecule has 0 radical (unpaired) electrons. The normalized spacial score (nSPS) is 11.3. The van der Waals surface area contributed by atoms with Crippen LogP contribution in [0.3, 0.4) is 0 Å². The number of H-pyrrole nitrogens is 1. The lowest BCUT2D eigenvalue weighted by molar-refractivity contribution is 0.548. The zero-order chi connectivity index (χ0) is 13.0. The number of nitrogen functional groups attached to an aromatic ring is 1. The highest BCUT2D eigenvalue weighted by molar-refractivity contribution is 7.13. The molecule has 2 rings (SSSR count). The molecule has 0 aliphatic heterocycles. The van der Waals surface area contributed by atoms with E-state index in [4.69, 9.17) is 5.73 Å². The van der Waals surface area contributed by atoms with Gasteiger partial charge in [-0.05, 0) is 24.3 Å². The standard InChI is InChI=1S/C14H21N3S/c1-3-6-10(7-4-2)13-12(14(15)17-16-13)11-8-5-9-18-11/h5,8-10H,3-4,6-7H2,1-2H3,(H3,15,16,17). The first-order chi connectivity index (χ1) is 8.77. The van der Waals surface area contributed by atoms with Gasteiger partial charge >= 0.3 is 0 Å².